The topological polar surface area (TPSA) is 224 Å². The van der Waals surface area contributed by atoms with E-state index in [0.29, 0.717) is 5.56 Å². The molecule has 1 fully saturated rings. The molecule has 8 N–H and O–H groups in total. The number of ether oxygens (including phenoxy) is 3. The number of phenols is 3. The Hall–Kier alpha value is -3.88. The van der Waals surface area contributed by atoms with E-state index in [1.165, 1.54) is 36.4 Å². The molecule has 1 aliphatic rings. The van der Waals surface area contributed by atoms with Gasteiger partial charge in [-0.2, -0.15) is 0 Å². The molecular weight excluding hydrogens is 496 g/mol. The number of rotatable bonds is 9. The van der Waals surface area contributed by atoms with Gasteiger partial charge >= 0.3 is 11.9 Å². The molecule has 37 heavy (non-hydrogen) atoms. The molecule has 200 valence electrons. The Bertz CT molecular complexity index is 1150. The molecule has 1 heterocycles. The van der Waals surface area contributed by atoms with Crippen molar-refractivity contribution in [1.29, 1.82) is 0 Å². The van der Waals surface area contributed by atoms with Crippen LogP contribution in [0.4, 0.5) is 0 Å². The van der Waals surface area contributed by atoms with Gasteiger partial charge in [-0.05, 0) is 41.5 Å². The van der Waals surface area contributed by atoms with Gasteiger partial charge in [0.15, 0.2) is 23.0 Å². The molecule has 0 radical (unpaired) electrons. The third-order valence-corrected chi connectivity index (χ3v) is 5.48. The summed E-state index contributed by atoms with van der Waals surface area (Å²) in [5.74, 6) is -3.91. The zero-order chi connectivity index (χ0) is 27.3. The number of aliphatic hydroxyl groups excluding tert-OH is 4. The highest BCUT2D eigenvalue weighted by Gasteiger charge is 2.44. The molecule has 0 saturated carbocycles. The second-order valence-electron chi connectivity index (χ2n) is 8.17. The van der Waals surface area contributed by atoms with Gasteiger partial charge < -0.3 is 55.1 Å². The first kappa shape index (κ1) is 27.7. The first-order valence-corrected chi connectivity index (χ1v) is 10.9. The number of carboxylic acids is 1. The largest absolute Gasteiger partial charge is 0.504 e. The smallest absolute Gasteiger partial charge is 0.345 e. The third kappa shape index (κ3) is 6.87. The quantitative estimate of drug-likeness (QED) is 0.115. The van der Waals surface area contributed by atoms with E-state index in [0.717, 1.165) is 12.1 Å². The summed E-state index contributed by atoms with van der Waals surface area (Å²) in [5, 5.41) is 77.5. The third-order valence-electron chi connectivity index (χ3n) is 5.48. The fourth-order valence-corrected chi connectivity index (χ4v) is 3.45. The zero-order valence-corrected chi connectivity index (χ0v) is 19.1. The van der Waals surface area contributed by atoms with Crippen molar-refractivity contribution in [3.05, 3.63) is 53.6 Å². The number of benzene rings is 2. The summed E-state index contributed by atoms with van der Waals surface area (Å²) in [6.45, 7) is -0.674. The van der Waals surface area contributed by atoms with Gasteiger partial charge in [-0.3, -0.25) is 0 Å². The summed E-state index contributed by atoms with van der Waals surface area (Å²) >= 11 is 0. The molecule has 3 rings (SSSR count). The van der Waals surface area contributed by atoms with Crippen molar-refractivity contribution >= 4 is 18.0 Å². The van der Waals surface area contributed by atoms with Crippen LogP contribution in [0.15, 0.2) is 42.5 Å². The van der Waals surface area contributed by atoms with Gasteiger partial charge in [0, 0.05) is 12.5 Å². The van der Waals surface area contributed by atoms with Crippen molar-refractivity contribution in [2.75, 3.05) is 6.61 Å². The van der Waals surface area contributed by atoms with E-state index in [-0.39, 0.29) is 29.2 Å². The van der Waals surface area contributed by atoms with Crippen LogP contribution in [-0.2, 0) is 25.5 Å². The Morgan fingerprint density at radius 2 is 1.65 bits per heavy atom. The number of hydrogen-bond donors (Lipinski definition) is 8. The van der Waals surface area contributed by atoms with Gasteiger partial charge in [0.2, 0.25) is 12.4 Å². The van der Waals surface area contributed by atoms with Crippen LogP contribution in [-0.4, -0.2) is 96.2 Å². The minimum Gasteiger partial charge on any atom is -0.504 e. The molecule has 0 amide bonds. The van der Waals surface area contributed by atoms with Crippen LogP contribution in [0.1, 0.15) is 11.1 Å². The van der Waals surface area contributed by atoms with Gasteiger partial charge in [-0.1, -0.05) is 12.1 Å². The molecule has 6 atom stereocenters. The maximum atomic E-state index is 12.2. The van der Waals surface area contributed by atoms with Crippen LogP contribution in [0.2, 0.25) is 0 Å². The fourth-order valence-electron chi connectivity index (χ4n) is 3.45. The minimum absolute atomic E-state index is 0.226. The van der Waals surface area contributed by atoms with E-state index in [9.17, 15) is 50.4 Å². The lowest BCUT2D eigenvalue weighted by Gasteiger charge is -2.39. The molecule has 2 aromatic rings. The number of carbonyl (C=O) groups is 2. The lowest BCUT2D eigenvalue weighted by Crippen LogP contribution is -2.60. The van der Waals surface area contributed by atoms with Crippen LogP contribution in [0, 0.1) is 0 Å². The van der Waals surface area contributed by atoms with Crippen molar-refractivity contribution in [3.8, 4) is 23.0 Å². The zero-order valence-electron chi connectivity index (χ0n) is 19.1. The Labute approximate surface area is 209 Å². The van der Waals surface area contributed by atoms with Gasteiger partial charge in [0.05, 0.1) is 6.61 Å². The first-order valence-electron chi connectivity index (χ1n) is 10.9. The Morgan fingerprint density at radius 3 is 2.30 bits per heavy atom. The van der Waals surface area contributed by atoms with Crippen molar-refractivity contribution in [1.82, 2.24) is 0 Å². The number of carboxylic acid groups (broad SMARTS) is 1. The summed E-state index contributed by atoms with van der Waals surface area (Å²) in [6.07, 6.45) is -7.49. The second kappa shape index (κ2) is 11.9. The van der Waals surface area contributed by atoms with E-state index >= 15 is 0 Å². The molecule has 13 nitrogen and oxygen atoms in total. The molecular formula is C24H26O13. The molecule has 1 aliphatic heterocycles. The highest BCUT2D eigenvalue weighted by atomic mass is 16.7. The molecule has 13 heteroatoms. The van der Waals surface area contributed by atoms with Crippen molar-refractivity contribution in [2.24, 2.45) is 0 Å². The number of aliphatic carboxylic acids is 1. The van der Waals surface area contributed by atoms with Gasteiger partial charge in [0.25, 0.3) is 0 Å². The lowest BCUT2D eigenvalue weighted by atomic mass is 9.99. The van der Waals surface area contributed by atoms with E-state index in [2.05, 4.69) is 0 Å². The Balaban J connectivity index is 1.68. The van der Waals surface area contributed by atoms with Crippen LogP contribution < -0.4 is 4.74 Å². The minimum atomic E-state index is -1.71. The summed E-state index contributed by atoms with van der Waals surface area (Å²) in [7, 11) is 0. The van der Waals surface area contributed by atoms with Gasteiger partial charge in [-0.15, -0.1) is 0 Å². The second-order valence-corrected chi connectivity index (χ2v) is 8.17. The summed E-state index contributed by atoms with van der Waals surface area (Å²) in [4.78, 5) is 23.7. The predicted octanol–water partition coefficient (Wildman–Crippen LogP) is -0.766. The summed E-state index contributed by atoms with van der Waals surface area (Å²) < 4.78 is 15.6. The number of aliphatic hydroxyl groups is 4. The molecule has 6 unspecified atom stereocenters. The molecule has 0 aliphatic carbocycles. The normalized spacial score (nSPS) is 24.5. The fraction of sp³-hybridized carbons (Fsp3) is 0.333. The first-order chi connectivity index (χ1) is 17.5. The maximum Gasteiger partial charge on any atom is 0.345 e. The number of esters is 1. The Morgan fingerprint density at radius 1 is 0.946 bits per heavy atom. The standard InChI is InChI=1S/C24H26O13/c25-10-18-20(30)21(31)22(32)24(37-18)36-16-8-11(1-5-14(16)27)3-6-19(29)35-17(23(33)34)9-12-2-4-13(26)15(28)7-12/h1-8,17-18,20-22,24-28,30-32H,9-10H2,(H,33,34). The Kier molecular flexibility index (Phi) is 8.91. The van der Waals surface area contributed by atoms with Crippen molar-refractivity contribution < 1.29 is 64.7 Å². The van der Waals surface area contributed by atoms with Crippen molar-refractivity contribution in [2.45, 2.75) is 43.2 Å². The number of phenolic OH excluding ortho intramolecular Hbond substituents is 3. The number of aromatic hydroxyl groups is 3. The maximum absolute atomic E-state index is 12.2. The molecule has 1 saturated heterocycles. The van der Waals surface area contributed by atoms with E-state index in [4.69, 9.17) is 14.2 Å². The van der Waals surface area contributed by atoms with Crippen LogP contribution in [0.5, 0.6) is 23.0 Å². The van der Waals surface area contributed by atoms with E-state index in [1.807, 2.05) is 0 Å². The average Bonchev–Trinajstić information content (AvgIpc) is 2.86. The SMILES string of the molecule is O=C(C=Cc1ccc(O)c(OC2OC(CO)C(O)C(O)C2O)c1)OC(Cc1ccc(O)c(O)c1)C(=O)O. The summed E-state index contributed by atoms with van der Waals surface area (Å²) in [5.41, 5.74) is 0.581. The monoisotopic (exact) mass is 522 g/mol. The van der Waals surface area contributed by atoms with E-state index < -0.39 is 61.1 Å². The molecule has 0 spiro atoms. The molecule has 0 aromatic heterocycles. The summed E-state index contributed by atoms with van der Waals surface area (Å²) in [6, 6.07) is 7.49. The van der Waals surface area contributed by atoms with Crippen LogP contribution in [0.25, 0.3) is 6.08 Å². The van der Waals surface area contributed by atoms with Crippen molar-refractivity contribution in [3.63, 3.8) is 0 Å². The van der Waals surface area contributed by atoms with E-state index in [1.54, 1.807) is 0 Å². The van der Waals surface area contributed by atoms with Gasteiger partial charge in [-0.25, -0.2) is 9.59 Å². The predicted molar refractivity (Wildman–Crippen MR) is 123 cm³/mol. The lowest BCUT2D eigenvalue weighted by molar-refractivity contribution is -0.277. The highest BCUT2D eigenvalue weighted by Crippen LogP contribution is 2.31. The molecule has 0 bridgehead atoms. The highest BCUT2D eigenvalue weighted by molar-refractivity contribution is 5.89. The number of hydrogen-bond acceptors (Lipinski definition) is 12. The van der Waals surface area contributed by atoms with Crippen LogP contribution >= 0.6 is 0 Å². The number of carbonyl (C=O) groups excluding carboxylic acids is 1. The average molecular weight is 522 g/mol. The van der Waals surface area contributed by atoms with Gasteiger partial charge in [0.1, 0.15) is 24.4 Å². The molecule has 2 aromatic carbocycles. The van der Waals surface area contributed by atoms with Crippen LogP contribution in [0.3, 0.4) is 0 Å².